The first kappa shape index (κ1) is 6.44. The van der Waals surface area contributed by atoms with Crippen LogP contribution in [0.15, 0.2) is 0 Å². The lowest BCUT2D eigenvalue weighted by Gasteiger charge is -2.47. The fourth-order valence-electron chi connectivity index (χ4n) is 6.70. The molecule has 0 N–H and O–H groups in total. The summed E-state index contributed by atoms with van der Waals surface area (Å²) in [6.07, 6.45) is 3.89. The van der Waals surface area contributed by atoms with E-state index in [4.69, 9.17) is 4.74 Å². The lowest BCUT2D eigenvalue weighted by atomic mass is 9.59. The molecule has 9 atom stereocenters. The fraction of sp³-hybridized carbons (Fsp3) is 1.00. The Morgan fingerprint density at radius 3 is 2.23 bits per heavy atom. The summed E-state index contributed by atoms with van der Waals surface area (Å²) >= 11 is 0. The van der Waals surface area contributed by atoms with Crippen molar-refractivity contribution in [3.8, 4) is 0 Å². The summed E-state index contributed by atoms with van der Waals surface area (Å²) in [7, 11) is 1.95. The fourth-order valence-corrected chi connectivity index (χ4v) is 6.70. The minimum atomic E-state index is 0.697. The number of methoxy groups -OCH3 is 1. The monoisotopic (exact) mass is 176 g/mol. The summed E-state index contributed by atoms with van der Waals surface area (Å²) in [6.45, 7) is 0. The van der Waals surface area contributed by atoms with Gasteiger partial charge in [0.25, 0.3) is 0 Å². The SMILES string of the molecule is CO[C@H]1C2C3CC4C1[C@@H]1C[C@H]4C3C21. The molecule has 1 heteroatoms. The van der Waals surface area contributed by atoms with Gasteiger partial charge in [-0.25, -0.2) is 0 Å². The molecule has 5 rings (SSSR count). The molecule has 70 valence electrons. The Balaban J connectivity index is 1.76. The number of rotatable bonds is 1. The molecule has 0 saturated heterocycles. The molecule has 0 aromatic carbocycles. The van der Waals surface area contributed by atoms with Gasteiger partial charge in [-0.1, -0.05) is 0 Å². The first-order valence-electron chi connectivity index (χ1n) is 5.94. The summed E-state index contributed by atoms with van der Waals surface area (Å²) < 4.78 is 5.77. The van der Waals surface area contributed by atoms with Crippen LogP contribution in [-0.2, 0) is 4.74 Å². The van der Waals surface area contributed by atoms with Crippen LogP contribution >= 0.6 is 0 Å². The maximum absolute atomic E-state index is 5.77. The Bertz CT molecular complexity index is 293. The molecular formula is C12H16O. The van der Waals surface area contributed by atoms with Crippen LogP contribution in [0.25, 0.3) is 0 Å². The van der Waals surface area contributed by atoms with E-state index in [2.05, 4.69) is 0 Å². The van der Waals surface area contributed by atoms with Crippen LogP contribution in [0.1, 0.15) is 12.8 Å². The zero-order valence-electron chi connectivity index (χ0n) is 8.02. The quantitative estimate of drug-likeness (QED) is 0.591. The van der Waals surface area contributed by atoms with Crippen molar-refractivity contribution in [3.63, 3.8) is 0 Å². The van der Waals surface area contributed by atoms with Crippen molar-refractivity contribution in [2.75, 3.05) is 7.11 Å². The van der Waals surface area contributed by atoms with Crippen molar-refractivity contribution >= 4 is 0 Å². The molecule has 1 nitrogen and oxygen atoms in total. The second-order valence-corrected chi connectivity index (χ2v) is 6.14. The first-order chi connectivity index (χ1) is 6.42. The van der Waals surface area contributed by atoms with Gasteiger partial charge in [-0.05, 0) is 60.2 Å². The molecule has 0 aliphatic heterocycles. The van der Waals surface area contributed by atoms with Gasteiger partial charge in [0.1, 0.15) is 0 Å². The van der Waals surface area contributed by atoms with E-state index in [1.807, 2.05) is 7.11 Å². The summed E-state index contributed by atoms with van der Waals surface area (Å²) in [5.41, 5.74) is 0. The molecule has 0 amide bonds. The second kappa shape index (κ2) is 1.60. The van der Waals surface area contributed by atoms with Gasteiger partial charge in [-0.15, -0.1) is 0 Å². The number of ether oxygens (including phenoxy) is 1. The molecular weight excluding hydrogens is 160 g/mol. The minimum Gasteiger partial charge on any atom is -0.381 e. The highest BCUT2D eigenvalue weighted by molar-refractivity contribution is 5.28. The van der Waals surface area contributed by atoms with E-state index in [0.717, 1.165) is 35.5 Å². The Morgan fingerprint density at radius 2 is 1.46 bits per heavy atom. The van der Waals surface area contributed by atoms with Gasteiger partial charge in [0.15, 0.2) is 0 Å². The topological polar surface area (TPSA) is 9.23 Å². The van der Waals surface area contributed by atoms with Crippen molar-refractivity contribution in [1.82, 2.24) is 0 Å². The van der Waals surface area contributed by atoms with Crippen LogP contribution < -0.4 is 0 Å². The van der Waals surface area contributed by atoms with E-state index >= 15 is 0 Å². The minimum absolute atomic E-state index is 0.697. The lowest BCUT2D eigenvalue weighted by molar-refractivity contribution is -0.0694. The maximum atomic E-state index is 5.77. The third-order valence-electron chi connectivity index (χ3n) is 6.52. The van der Waals surface area contributed by atoms with Gasteiger partial charge < -0.3 is 4.74 Å². The summed E-state index contributed by atoms with van der Waals surface area (Å²) in [6, 6.07) is 0. The largest absolute Gasteiger partial charge is 0.381 e. The molecule has 0 heterocycles. The van der Waals surface area contributed by atoms with Crippen molar-refractivity contribution in [1.29, 1.82) is 0 Å². The van der Waals surface area contributed by atoms with Gasteiger partial charge in [0, 0.05) is 7.11 Å². The maximum Gasteiger partial charge on any atom is 0.0638 e. The predicted octanol–water partition coefficient (Wildman–Crippen LogP) is 1.78. The molecule has 5 fully saturated rings. The zero-order valence-corrected chi connectivity index (χ0v) is 8.02. The number of hydrogen-bond donors (Lipinski definition) is 0. The lowest BCUT2D eigenvalue weighted by Crippen LogP contribution is -2.46. The Morgan fingerprint density at radius 1 is 0.769 bits per heavy atom. The summed E-state index contributed by atoms with van der Waals surface area (Å²) in [4.78, 5) is 0. The van der Waals surface area contributed by atoms with Crippen molar-refractivity contribution in [2.45, 2.75) is 18.9 Å². The molecule has 13 heavy (non-hydrogen) atoms. The van der Waals surface area contributed by atoms with Crippen LogP contribution in [0.3, 0.4) is 0 Å². The third kappa shape index (κ3) is 0.407. The number of fused-ring (bicyclic) bond motifs is 2. The van der Waals surface area contributed by atoms with Gasteiger partial charge in [-0.2, -0.15) is 0 Å². The van der Waals surface area contributed by atoms with Gasteiger partial charge in [0.2, 0.25) is 0 Å². The van der Waals surface area contributed by atoms with E-state index in [1.54, 1.807) is 12.8 Å². The van der Waals surface area contributed by atoms with Crippen LogP contribution in [-0.4, -0.2) is 13.2 Å². The summed E-state index contributed by atoms with van der Waals surface area (Å²) in [5.74, 6) is 8.89. The molecule has 0 spiro atoms. The van der Waals surface area contributed by atoms with E-state index in [0.29, 0.717) is 6.10 Å². The normalized spacial score (nSPS) is 79.6. The van der Waals surface area contributed by atoms with Crippen LogP contribution in [0.2, 0.25) is 0 Å². The highest BCUT2D eigenvalue weighted by Gasteiger charge is 2.80. The van der Waals surface area contributed by atoms with Crippen LogP contribution in [0, 0.1) is 47.3 Å². The van der Waals surface area contributed by atoms with Gasteiger partial charge >= 0.3 is 0 Å². The highest BCUT2D eigenvalue weighted by Crippen LogP contribution is 2.83. The van der Waals surface area contributed by atoms with Crippen molar-refractivity contribution in [3.05, 3.63) is 0 Å². The Labute approximate surface area is 78.8 Å². The van der Waals surface area contributed by atoms with E-state index in [1.165, 1.54) is 11.8 Å². The zero-order chi connectivity index (χ0) is 8.32. The third-order valence-corrected chi connectivity index (χ3v) is 6.52. The average Bonchev–Trinajstić information content (AvgIpc) is 2.61. The van der Waals surface area contributed by atoms with Crippen molar-refractivity contribution in [2.24, 2.45) is 47.3 Å². The molecule has 2 bridgehead atoms. The van der Waals surface area contributed by atoms with Crippen LogP contribution in [0.5, 0.6) is 0 Å². The molecule has 0 aromatic rings. The van der Waals surface area contributed by atoms with Gasteiger partial charge in [-0.3, -0.25) is 0 Å². The Kier molecular flexibility index (Phi) is 0.793. The summed E-state index contributed by atoms with van der Waals surface area (Å²) in [5, 5.41) is 0. The van der Waals surface area contributed by atoms with E-state index in [9.17, 15) is 0 Å². The molecule has 5 saturated carbocycles. The smallest absolute Gasteiger partial charge is 0.0638 e. The van der Waals surface area contributed by atoms with E-state index < -0.39 is 0 Å². The van der Waals surface area contributed by atoms with Crippen molar-refractivity contribution < 1.29 is 4.74 Å². The molecule has 0 aromatic heterocycles. The molecule has 5 aliphatic rings. The second-order valence-electron chi connectivity index (χ2n) is 6.14. The van der Waals surface area contributed by atoms with Gasteiger partial charge in [0.05, 0.1) is 6.10 Å². The number of hydrogen-bond acceptors (Lipinski definition) is 1. The Hall–Kier alpha value is -0.0400. The highest BCUT2D eigenvalue weighted by atomic mass is 16.5. The predicted molar refractivity (Wildman–Crippen MR) is 48.0 cm³/mol. The standard InChI is InChI=1S/C12H16O/c1-13-12-9-5-3-6-8-4(5)2-7(9)10(8)11(6)12/h4-12H,2-3H2,1H3/t4-,5?,6?,7+,8?,9?,10?,11?,12-/m1/s1. The average molecular weight is 176 g/mol. The molecule has 5 aliphatic carbocycles. The van der Waals surface area contributed by atoms with E-state index in [-0.39, 0.29) is 0 Å². The molecule has 6 unspecified atom stereocenters. The van der Waals surface area contributed by atoms with Crippen LogP contribution in [0.4, 0.5) is 0 Å². The molecule has 0 radical (unpaired) electrons. The first-order valence-corrected chi connectivity index (χ1v) is 5.94.